The third kappa shape index (κ3) is 4.63. The molecule has 1 heterocycles. The summed E-state index contributed by atoms with van der Waals surface area (Å²) in [5, 5.41) is 2.61. The highest BCUT2D eigenvalue weighted by Crippen LogP contribution is 2.15. The van der Waals surface area contributed by atoms with E-state index in [1.54, 1.807) is 24.4 Å². The van der Waals surface area contributed by atoms with Gasteiger partial charge in [0.25, 0.3) is 5.91 Å². The van der Waals surface area contributed by atoms with E-state index in [1.165, 1.54) is 0 Å². The molecule has 3 rings (SSSR count). The number of pyridine rings is 1. The van der Waals surface area contributed by atoms with Gasteiger partial charge in [-0.25, -0.2) is 8.78 Å². The first-order valence-electron chi connectivity index (χ1n) is 7.97. The number of nitrogens with one attached hydrogen (secondary N) is 1. The van der Waals surface area contributed by atoms with Crippen LogP contribution in [0.25, 0.3) is 0 Å². The summed E-state index contributed by atoms with van der Waals surface area (Å²) in [6.07, 6.45) is 1.69. The molecule has 0 aliphatic rings. The molecule has 0 fully saturated rings. The lowest BCUT2D eigenvalue weighted by atomic mass is 10.1. The molecule has 0 bridgehead atoms. The van der Waals surface area contributed by atoms with Gasteiger partial charge in [0.1, 0.15) is 24.0 Å². The summed E-state index contributed by atoms with van der Waals surface area (Å²) in [6, 6.07) is 15.6. The van der Waals surface area contributed by atoms with E-state index in [4.69, 9.17) is 4.74 Å². The lowest BCUT2D eigenvalue weighted by Gasteiger charge is -2.09. The summed E-state index contributed by atoms with van der Waals surface area (Å²) in [5.74, 6) is -1.59. The van der Waals surface area contributed by atoms with E-state index in [1.807, 2.05) is 24.3 Å². The first-order valence-corrected chi connectivity index (χ1v) is 7.97. The fourth-order valence-electron chi connectivity index (χ4n) is 2.34. The first kappa shape index (κ1) is 17.5. The Labute approximate surface area is 149 Å². The number of halogens is 2. The number of hydrogen-bond acceptors (Lipinski definition) is 3. The van der Waals surface area contributed by atoms with E-state index in [9.17, 15) is 13.6 Å². The molecule has 0 aliphatic heterocycles. The predicted molar refractivity (Wildman–Crippen MR) is 92.5 cm³/mol. The quantitative estimate of drug-likeness (QED) is 0.731. The molecule has 0 aliphatic carbocycles. The number of benzene rings is 2. The molecule has 6 heteroatoms. The molecule has 132 valence electrons. The molecular formula is C20H16F2N2O2. The number of rotatable bonds is 6. The Hall–Kier alpha value is -3.28. The third-order valence-electron chi connectivity index (χ3n) is 3.64. The zero-order valence-electron chi connectivity index (χ0n) is 13.8. The summed E-state index contributed by atoms with van der Waals surface area (Å²) in [4.78, 5) is 16.2. The van der Waals surface area contributed by atoms with Crippen molar-refractivity contribution < 1.29 is 18.3 Å². The van der Waals surface area contributed by atoms with Crippen LogP contribution in [0.15, 0.2) is 66.9 Å². The normalized spacial score (nSPS) is 10.4. The second-order valence-electron chi connectivity index (χ2n) is 5.56. The van der Waals surface area contributed by atoms with Gasteiger partial charge >= 0.3 is 0 Å². The molecule has 2 aromatic carbocycles. The molecule has 4 nitrogen and oxygen atoms in total. The van der Waals surface area contributed by atoms with Crippen molar-refractivity contribution >= 4 is 5.91 Å². The number of hydrogen-bond donors (Lipinski definition) is 1. The number of carbonyl (C=O) groups is 1. The van der Waals surface area contributed by atoms with Crippen LogP contribution in [0, 0.1) is 11.6 Å². The molecule has 0 unspecified atom stereocenters. The fraction of sp³-hybridized carbons (Fsp3) is 0.100. The second kappa shape index (κ2) is 8.20. The van der Waals surface area contributed by atoms with Gasteiger partial charge in [-0.1, -0.05) is 18.2 Å². The Balaban J connectivity index is 1.59. The van der Waals surface area contributed by atoms with Crippen LogP contribution in [0.2, 0.25) is 0 Å². The molecule has 0 radical (unpaired) electrons. The van der Waals surface area contributed by atoms with E-state index in [0.29, 0.717) is 18.4 Å². The molecule has 26 heavy (non-hydrogen) atoms. The molecule has 1 aromatic heterocycles. The van der Waals surface area contributed by atoms with Gasteiger partial charge in [0, 0.05) is 18.8 Å². The predicted octanol–water partition coefficient (Wildman–Crippen LogP) is 3.87. The van der Waals surface area contributed by atoms with Gasteiger partial charge in [-0.2, -0.15) is 0 Å². The van der Waals surface area contributed by atoms with Gasteiger partial charge in [-0.05, 0) is 42.0 Å². The number of ether oxygens (including phenoxy) is 1. The summed E-state index contributed by atoms with van der Waals surface area (Å²) < 4.78 is 32.2. The van der Waals surface area contributed by atoms with Gasteiger partial charge in [0.15, 0.2) is 0 Å². The summed E-state index contributed by atoms with van der Waals surface area (Å²) >= 11 is 0. The van der Waals surface area contributed by atoms with Crippen molar-refractivity contribution in [3.05, 3.63) is 95.3 Å². The lowest BCUT2D eigenvalue weighted by molar-refractivity contribution is 0.0946. The standard InChI is InChI=1S/C20H16F2N2O2/c21-15-7-8-18(19(22)11-15)20(25)24-12-14-4-3-6-17(10-14)26-13-16-5-1-2-9-23-16/h1-11H,12-13H2,(H,24,25). The number of amides is 1. The van der Waals surface area contributed by atoms with E-state index < -0.39 is 17.5 Å². The highest BCUT2D eigenvalue weighted by atomic mass is 19.1. The number of carbonyl (C=O) groups excluding carboxylic acids is 1. The second-order valence-corrected chi connectivity index (χ2v) is 5.56. The van der Waals surface area contributed by atoms with Gasteiger partial charge in [-0.3, -0.25) is 9.78 Å². The van der Waals surface area contributed by atoms with E-state index in [-0.39, 0.29) is 12.1 Å². The summed E-state index contributed by atoms with van der Waals surface area (Å²) in [7, 11) is 0. The SMILES string of the molecule is O=C(NCc1cccc(OCc2ccccn2)c1)c1ccc(F)cc1F. The molecular weight excluding hydrogens is 338 g/mol. The van der Waals surface area contributed by atoms with Crippen molar-refractivity contribution in [3.63, 3.8) is 0 Å². The van der Waals surface area contributed by atoms with Gasteiger partial charge in [0.05, 0.1) is 11.3 Å². The molecule has 1 amide bonds. The topological polar surface area (TPSA) is 51.2 Å². The van der Waals surface area contributed by atoms with Crippen molar-refractivity contribution in [2.75, 3.05) is 0 Å². The highest BCUT2D eigenvalue weighted by Gasteiger charge is 2.12. The van der Waals surface area contributed by atoms with Crippen LogP contribution in [0.5, 0.6) is 5.75 Å². The highest BCUT2D eigenvalue weighted by molar-refractivity contribution is 5.94. The number of nitrogens with zero attached hydrogens (tertiary/aromatic N) is 1. The maximum atomic E-state index is 13.6. The molecule has 0 spiro atoms. The van der Waals surface area contributed by atoms with Gasteiger partial charge in [0.2, 0.25) is 0 Å². The minimum absolute atomic E-state index is 0.191. The smallest absolute Gasteiger partial charge is 0.254 e. The van der Waals surface area contributed by atoms with Crippen LogP contribution in [0.3, 0.4) is 0 Å². The Bertz CT molecular complexity index is 901. The zero-order valence-corrected chi connectivity index (χ0v) is 13.8. The van der Waals surface area contributed by atoms with Crippen molar-refractivity contribution in [1.82, 2.24) is 10.3 Å². The van der Waals surface area contributed by atoms with Crippen molar-refractivity contribution in [2.24, 2.45) is 0 Å². The monoisotopic (exact) mass is 354 g/mol. The van der Waals surface area contributed by atoms with Crippen molar-refractivity contribution in [1.29, 1.82) is 0 Å². The largest absolute Gasteiger partial charge is 0.487 e. The van der Waals surface area contributed by atoms with E-state index in [0.717, 1.165) is 23.4 Å². The first-order chi connectivity index (χ1) is 12.6. The van der Waals surface area contributed by atoms with Crippen LogP contribution in [-0.2, 0) is 13.2 Å². The molecule has 1 N–H and O–H groups in total. The average molecular weight is 354 g/mol. The Morgan fingerprint density at radius 2 is 1.92 bits per heavy atom. The molecule has 3 aromatic rings. The Morgan fingerprint density at radius 3 is 2.69 bits per heavy atom. The van der Waals surface area contributed by atoms with Crippen LogP contribution in [0.1, 0.15) is 21.6 Å². The van der Waals surface area contributed by atoms with Gasteiger partial charge < -0.3 is 10.1 Å². The Kier molecular flexibility index (Phi) is 5.53. The summed E-state index contributed by atoms with van der Waals surface area (Å²) in [5.41, 5.74) is 1.39. The van der Waals surface area contributed by atoms with Crippen molar-refractivity contribution in [2.45, 2.75) is 13.2 Å². The minimum atomic E-state index is -0.894. The van der Waals surface area contributed by atoms with Crippen LogP contribution < -0.4 is 10.1 Å². The molecule has 0 atom stereocenters. The van der Waals surface area contributed by atoms with Crippen molar-refractivity contribution in [3.8, 4) is 5.75 Å². The van der Waals surface area contributed by atoms with Crippen LogP contribution >= 0.6 is 0 Å². The van der Waals surface area contributed by atoms with Crippen LogP contribution in [-0.4, -0.2) is 10.9 Å². The van der Waals surface area contributed by atoms with Crippen LogP contribution in [0.4, 0.5) is 8.78 Å². The molecule has 0 saturated carbocycles. The fourth-order valence-corrected chi connectivity index (χ4v) is 2.34. The lowest BCUT2D eigenvalue weighted by Crippen LogP contribution is -2.23. The molecule has 0 saturated heterocycles. The minimum Gasteiger partial charge on any atom is -0.487 e. The van der Waals surface area contributed by atoms with Gasteiger partial charge in [-0.15, -0.1) is 0 Å². The maximum absolute atomic E-state index is 13.6. The zero-order chi connectivity index (χ0) is 18.4. The van der Waals surface area contributed by atoms with E-state index in [2.05, 4.69) is 10.3 Å². The average Bonchev–Trinajstić information content (AvgIpc) is 2.66. The number of aromatic nitrogens is 1. The van der Waals surface area contributed by atoms with E-state index >= 15 is 0 Å². The maximum Gasteiger partial charge on any atom is 0.254 e. The summed E-state index contributed by atoms with van der Waals surface area (Å²) in [6.45, 7) is 0.522. The third-order valence-corrected chi connectivity index (χ3v) is 3.64. The Morgan fingerprint density at radius 1 is 1.04 bits per heavy atom.